The maximum absolute atomic E-state index is 12.1. The number of alkyl halides is 3. The van der Waals surface area contributed by atoms with Gasteiger partial charge in [-0.2, -0.15) is 13.2 Å². The van der Waals surface area contributed by atoms with Gasteiger partial charge < -0.3 is 5.73 Å². The molecule has 0 radical (unpaired) electrons. The summed E-state index contributed by atoms with van der Waals surface area (Å²) in [5.74, 6) is 0. The third-order valence-corrected chi connectivity index (χ3v) is 2.03. The first kappa shape index (κ1) is 11.7. The molecule has 0 saturated carbocycles. The van der Waals surface area contributed by atoms with E-state index in [2.05, 4.69) is 0 Å². The first-order valence-corrected chi connectivity index (χ1v) is 4.46. The summed E-state index contributed by atoms with van der Waals surface area (Å²) >= 11 is 4.81. The fourth-order valence-corrected chi connectivity index (χ4v) is 1.17. The van der Waals surface area contributed by atoms with Gasteiger partial charge >= 0.3 is 6.18 Å². The van der Waals surface area contributed by atoms with Crippen molar-refractivity contribution < 1.29 is 13.2 Å². The maximum Gasteiger partial charge on any atom is 0.430 e. The largest absolute Gasteiger partial charge is 0.430 e. The predicted octanol–water partition coefficient (Wildman–Crippen LogP) is 2.81. The Kier molecular flexibility index (Phi) is 3.47. The topological polar surface area (TPSA) is 26.0 Å². The van der Waals surface area contributed by atoms with Crippen LogP contribution in [0.4, 0.5) is 13.2 Å². The van der Waals surface area contributed by atoms with E-state index < -0.39 is 11.9 Å². The average molecular weight is 231 g/mol. The Labute approximate surface area is 90.4 Å². The van der Waals surface area contributed by atoms with Gasteiger partial charge in [-0.3, -0.25) is 0 Å². The first-order valence-electron chi connectivity index (χ1n) is 4.05. The minimum absolute atomic E-state index is 0.0745. The molecule has 0 heterocycles. The highest BCUT2D eigenvalue weighted by molar-refractivity contribution is 7.81. The van der Waals surface area contributed by atoms with Crippen LogP contribution in [0.3, 0.4) is 0 Å². The molecule has 0 amide bonds. The summed E-state index contributed by atoms with van der Waals surface area (Å²) in [5, 5.41) is 0. The van der Waals surface area contributed by atoms with Gasteiger partial charge in [0.25, 0.3) is 0 Å². The molecule has 2 N–H and O–H groups in total. The Bertz CT molecular complexity index is 381. The Morgan fingerprint density at radius 3 is 2.20 bits per heavy atom. The van der Waals surface area contributed by atoms with Crippen LogP contribution in [0.2, 0.25) is 0 Å². The second kappa shape index (κ2) is 4.44. The van der Waals surface area contributed by atoms with Gasteiger partial charge in [0.2, 0.25) is 0 Å². The number of allylic oxidation sites excluding steroid dienone is 2. The lowest BCUT2D eigenvalue weighted by atomic mass is 10.1. The predicted molar refractivity (Wildman–Crippen MR) is 56.5 cm³/mol. The quantitative estimate of drug-likeness (QED) is 0.481. The Morgan fingerprint density at radius 2 is 1.73 bits per heavy atom. The van der Waals surface area contributed by atoms with Gasteiger partial charge in [0.1, 0.15) is 5.70 Å². The van der Waals surface area contributed by atoms with Crippen LogP contribution in [-0.2, 0) is 0 Å². The smallest absolute Gasteiger partial charge is 0.395 e. The van der Waals surface area contributed by atoms with E-state index in [1.54, 1.807) is 30.3 Å². The molecule has 1 aromatic rings. The van der Waals surface area contributed by atoms with Crippen molar-refractivity contribution >= 4 is 17.1 Å². The van der Waals surface area contributed by atoms with Crippen molar-refractivity contribution in [3.05, 3.63) is 47.7 Å². The molecule has 0 saturated heterocycles. The van der Waals surface area contributed by atoms with Gasteiger partial charge in [0.05, 0.1) is 0 Å². The van der Waals surface area contributed by atoms with Crippen LogP contribution in [0.5, 0.6) is 0 Å². The maximum atomic E-state index is 12.1. The number of benzene rings is 1. The minimum atomic E-state index is -4.53. The van der Waals surface area contributed by atoms with Crippen molar-refractivity contribution in [1.82, 2.24) is 0 Å². The highest BCUT2D eigenvalue weighted by Crippen LogP contribution is 2.21. The zero-order valence-electron chi connectivity index (χ0n) is 7.58. The molecule has 0 aliphatic heterocycles. The molecule has 1 nitrogen and oxygen atoms in total. The van der Waals surface area contributed by atoms with E-state index in [0.717, 1.165) is 6.08 Å². The Hall–Kier alpha value is -1.36. The van der Waals surface area contributed by atoms with Gasteiger partial charge in [-0.1, -0.05) is 42.5 Å². The van der Waals surface area contributed by atoms with Crippen LogP contribution in [0.25, 0.3) is 0 Å². The van der Waals surface area contributed by atoms with Crippen LogP contribution in [0.15, 0.2) is 42.1 Å². The summed E-state index contributed by atoms with van der Waals surface area (Å²) in [4.78, 5) is 0.0745. The van der Waals surface area contributed by atoms with E-state index >= 15 is 0 Å². The molecule has 0 fully saturated rings. The fourth-order valence-electron chi connectivity index (χ4n) is 0.909. The van der Waals surface area contributed by atoms with Crippen molar-refractivity contribution in [1.29, 1.82) is 0 Å². The van der Waals surface area contributed by atoms with E-state index in [4.69, 9.17) is 18.0 Å². The molecule has 0 spiro atoms. The third-order valence-electron chi connectivity index (χ3n) is 1.67. The van der Waals surface area contributed by atoms with Crippen molar-refractivity contribution in [3.63, 3.8) is 0 Å². The van der Waals surface area contributed by atoms with Crippen molar-refractivity contribution in [3.8, 4) is 0 Å². The van der Waals surface area contributed by atoms with Gasteiger partial charge in [0, 0.05) is 4.86 Å². The fraction of sp³-hybridized carbons (Fsp3) is 0.100. The number of halogens is 3. The normalized spacial score (nSPS) is 12.6. The lowest BCUT2D eigenvalue weighted by Crippen LogP contribution is -2.20. The number of nitrogens with two attached hydrogens (primary N) is 1. The number of rotatable bonds is 2. The van der Waals surface area contributed by atoms with Crippen LogP contribution in [0, 0.1) is 0 Å². The molecule has 0 aliphatic rings. The van der Waals surface area contributed by atoms with Crippen LogP contribution < -0.4 is 5.73 Å². The molecule has 1 rings (SSSR count). The molecular formula is C10H8F3NS. The molecule has 5 heteroatoms. The molecule has 0 unspecified atom stereocenters. The van der Waals surface area contributed by atoms with Crippen LogP contribution >= 0.6 is 12.2 Å². The summed E-state index contributed by atoms with van der Waals surface area (Å²) in [7, 11) is 0. The standard InChI is InChI=1S/C10H8F3NS/c11-10(12,13)9(14)6-8(15)7-4-2-1-3-5-7/h1-6H,14H2. The molecular weight excluding hydrogens is 223 g/mol. The molecule has 0 atom stereocenters. The van der Waals surface area contributed by atoms with Crippen LogP contribution in [0.1, 0.15) is 5.56 Å². The second-order valence-electron chi connectivity index (χ2n) is 2.83. The molecule has 0 bridgehead atoms. The van der Waals surface area contributed by atoms with E-state index in [-0.39, 0.29) is 4.86 Å². The molecule has 80 valence electrons. The monoisotopic (exact) mass is 231 g/mol. The SMILES string of the molecule is NC(=CC(=S)c1ccccc1)C(F)(F)F. The lowest BCUT2D eigenvalue weighted by molar-refractivity contribution is -0.0925. The minimum Gasteiger partial charge on any atom is -0.395 e. The van der Waals surface area contributed by atoms with Gasteiger partial charge in [-0.15, -0.1) is 0 Å². The number of hydrogen-bond acceptors (Lipinski definition) is 2. The highest BCUT2D eigenvalue weighted by Gasteiger charge is 2.31. The number of thiocarbonyl (C=S) groups is 1. The van der Waals surface area contributed by atoms with E-state index in [0.29, 0.717) is 5.56 Å². The number of hydrogen-bond donors (Lipinski definition) is 1. The van der Waals surface area contributed by atoms with E-state index in [9.17, 15) is 13.2 Å². The van der Waals surface area contributed by atoms with Crippen molar-refractivity contribution in [2.24, 2.45) is 5.73 Å². The first-order chi connectivity index (χ1) is 6.91. The zero-order valence-corrected chi connectivity index (χ0v) is 8.40. The van der Waals surface area contributed by atoms with Gasteiger partial charge in [0.15, 0.2) is 0 Å². The van der Waals surface area contributed by atoms with E-state index in [1.165, 1.54) is 0 Å². The zero-order chi connectivity index (χ0) is 11.5. The van der Waals surface area contributed by atoms with Crippen molar-refractivity contribution in [2.45, 2.75) is 6.18 Å². The van der Waals surface area contributed by atoms with Crippen molar-refractivity contribution in [2.75, 3.05) is 0 Å². The van der Waals surface area contributed by atoms with Gasteiger partial charge in [-0.25, -0.2) is 0 Å². The summed E-state index contributed by atoms with van der Waals surface area (Å²) in [6.45, 7) is 0. The second-order valence-corrected chi connectivity index (χ2v) is 3.27. The highest BCUT2D eigenvalue weighted by atomic mass is 32.1. The molecule has 1 aromatic carbocycles. The molecule has 0 aliphatic carbocycles. The molecule has 15 heavy (non-hydrogen) atoms. The van der Waals surface area contributed by atoms with Crippen LogP contribution in [-0.4, -0.2) is 11.0 Å². The summed E-state index contributed by atoms with van der Waals surface area (Å²) in [6, 6.07) is 8.40. The lowest BCUT2D eigenvalue weighted by Gasteiger charge is -2.06. The Morgan fingerprint density at radius 1 is 1.20 bits per heavy atom. The third kappa shape index (κ3) is 3.36. The van der Waals surface area contributed by atoms with E-state index in [1.807, 2.05) is 0 Å². The average Bonchev–Trinajstić information content (AvgIpc) is 2.17. The summed E-state index contributed by atoms with van der Waals surface area (Å²) in [5.41, 5.74) is 4.20. The van der Waals surface area contributed by atoms with Gasteiger partial charge in [-0.05, 0) is 11.6 Å². The molecule has 0 aromatic heterocycles. The summed E-state index contributed by atoms with van der Waals surface area (Å²) < 4.78 is 36.2. The Balaban J connectivity index is 2.90. The summed E-state index contributed by atoms with van der Waals surface area (Å²) in [6.07, 6.45) is -3.77.